The maximum Gasteiger partial charge on any atom is 0.240 e. The zero-order chi connectivity index (χ0) is 24.6. The molecule has 1 aliphatic carbocycles. The molecule has 3 aromatic rings. The van der Waals surface area contributed by atoms with Crippen LogP contribution in [-0.4, -0.2) is 55.5 Å². The van der Waals surface area contributed by atoms with Crippen LogP contribution in [0, 0.1) is 5.92 Å². The maximum absolute atomic E-state index is 13.1. The molecule has 2 aliphatic rings. The molecule has 1 saturated heterocycles. The second kappa shape index (κ2) is 9.76. The molecule has 35 heavy (non-hydrogen) atoms. The van der Waals surface area contributed by atoms with Crippen molar-refractivity contribution in [3.63, 3.8) is 0 Å². The van der Waals surface area contributed by atoms with Gasteiger partial charge in [-0.25, -0.2) is 13.1 Å². The summed E-state index contributed by atoms with van der Waals surface area (Å²) in [6, 6.07) is 17.0. The molecule has 5 rings (SSSR count). The minimum absolute atomic E-state index is 0.0417. The minimum Gasteiger partial charge on any atom is -0.372 e. The van der Waals surface area contributed by atoms with E-state index in [9.17, 15) is 13.2 Å². The van der Waals surface area contributed by atoms with Crippen molar-refractivity contribution in [2.45, 2.75) is 62.7 Å². The Bertz CT molecular complexity index is 1290. The van der Waals surface area contributed by atoms with Crippen molar-refractivity contribution < 1.29 is 17.9 Å². The van der Waals surface area contributed by atoms with Gasteiger partial charge in [-0.1, -0.05) is 36.4 Å². The molecule has 2 atom stereocenters. The summed E-state index contributed by atoms with van der Waals surface area (Å²) in [6.45, 7) is 5.25. The standard InChI is InChI=1S/C27H33N3O4S/c1-18-16-30(17-19(2)34-18)27(31)21-8-11-23(12-9-21)29-35(32,33)24-13-10-22-14-25(28-26(22)15-24)20-6-4-3-5-7-20/h3-7,10,13-15,18-19,21,23,28-29H,8-9,11-12,16-17H2,1-2H3/t18-,19+,21?,23?. The molecule has 0 bridgehead atoms. The van der Waals surface area contributed by atoms with Crippen molar-refractivity contribution >= 4 is 26.8 Å². The van der Waals surface area contributed by atoms with Gasteiger partial charge in [-0.2, -0.15) is 0 Å². The van der Waals surface area contributed by atoms with E-state index in [0.717, 1.165) is 22.2 Å². The number of aromatic nitrogens is 1. The zero-order valence-corrected chi connectivity index (χ0v) is 21.1. The van der Waals surface area contributed by atoms with Gasteiger partial charge in [-0.05, 0) is 63.3 Å². The summed E-state index contributed by atoms with van der Waals surface area (Å²) in [4.78, 5) is 18.5. The lowest BCUT2D eigenvalue weighted by molar-refractivity contribution is -0.148. The third kappa shape index (κ3) is 5.29. The summed E-state index contributed by atoms with van der Waals surface area (Å²) in [7, 11) is -3.66. The van der Waals surface area contributed by atoms with Crippen molar-refractivity contribution in [1.29, 1.82) is 0 Å². The topological polar surface area (TPSA) is 91.5 Å². The molecule has 2 heterocycles. The number of aromatic amines is 1. The van der Waals surface area contributed by atoms with Crippen molar-refractivity contribution in [3.05, 3.63) is 54.6 Å². The summed E-state index contributed by atoms with van der Waals surface area (Å²) in [5, 5.41) is 0.966. The van der Waals surface area contributed by atoms with E-state index in [-0.39, 0.29) is 35.0 Å². The SMILES string of the molecule is C[C@@H]1CN(C(=O)C2CCC(NS(=O)(=O)c3ccc4cc(-c5ccccc5)[nH]c4c3)CC2)C[C@H](C)O1. The number of carbonyl (C=O) groups excluding carboxylic acids is 1. The molecule has 2 aromatic carbocycles. The second-order valence-electron chi connectivity index (χ2n) is 9.97. The number of fused-ring (bicyclic) bond motifs is 1. The van der Waals surface area contributed by atoms with Crippen LogP contribution >= 0.6 is 0 Å². The highest BCUT2D eigenvalue weighted by Gasteiger charge is 2.34. The Morgan fingerprint density at radius 2 is 1.66 bits per heavy atom. The van der Waals surface area contributed by atoms with Gasteiger partial charge < -0.3 is 14.6 Å². The molecular weight excluding hydrogens is 462 g/mol. The number of benzene rings is 2. The van der Waals surface area contributed by atoms with Crippen molar-refractivity contribution in [1.82, 2.24) is 14.6 Å². The van der Waals surface area contributed by atoms with E-state index in [4.69, 9.17) is 4.74 Å². The fourth-order valence-corrected chi connectivity index (χ4v) is 6.74. The van der Waals surface area contributed by atoms with Gasteiger partial charge in [0.05, 0.1) is 17.1 Å². The Morgan fingerprint density at radius 3 is 2.34 bits per heavy atom. The number of carbonyl (C=O) groups is 1. The third-order valence-corrected chi connectivity index (χ3v) is 8.64. The monoisotopic (exact) mass is 495 g/mol. The number of hydrogen-bond donors (Lipinski definition) is 2. The normalized spacial score (nSPS) is 25.6. The van der Waals surface area contributed by atoms with Crippen LogP contribution < -0.4 is 4.72 Å². The van der Waals surface area contributed by atoms with E-state index in [1.165, 1.54) is 0 Å². The first kappa shape index (κ1) is 24.0. The summed E-state index contributed by atoms with van der Waals surface area (Å²) >= 11 is 0. The summed E-state index contributed by atoms with van der Waals surface area (Å²) in [5.41, 5.74) is 2.80. The first-order valence-corrected chi connectivity index (χ1v) is 13.9. The smallest absolute Gasteiger partial charge is 0.240 e. The van der Waals surface area contributed by atoms with Crippen molar-refractivity contribution in [2.75, 3.05) is 13.1 Å². The number of nitrogens with one attached hydrogen (secondary N) is 2. The predicted molar refractivity (Wildman–Crippen MR) is 136 cm³/mol. The number of hydrogen-bond acceptors (Lipinski definition) is 4. The number of ether oxygens (including phenoxy) is 1. The van der Waals surface area contributed by atoms with Crippen molar-refractivity contribution in [2.24, 2.45) is 5.92 Å². The van der Waals surface area contributed by atoms with E-state index in [0.29, 0.717) is 38.8 Å². The van der Waals surface area contributed by atoms with Crippen molar-refractivity contribution in [3.8, 4) is 11.3 Å². The van der Waals surface area contributed by atoms with Crippen LogP contribution in [0.4, 0.5) is 0 Å². The molecule has 1 amide bonds. The highest BCUT2D eigenvalue weighted by atomic mass is 32.2. The number of nitrogens with zero attached hydrogens (tertiary/aromatic N) is 1. The molecule has 0 spiro atoms. The highest BCUT2D eigenvalue weighted by molar-refractivity contribution is 7.89. The first-order valence-electron chi connectivity index (χ1n) is 12.4. The zero-order valence-electron chi connectivity index (χ0n) is 20.2. The van der Waals surface area contributed by atoms with Gasteiger partial charge in [0.25, 0.3) is 0 Å². The second-order valence-corrected chi connectivity index (χ2v) is 11.7. The van der Waals surface area contributed by atoms with Gasteiger partial charge in [-0.3, -0.25) is 4.79 Å². The molecular formula is C27H33N3O4S. The maximum atomic E-state index is 13.1. The lowest BCUT2D eigenvalue weighted by atomic mass is 9.85. The molecule has 1 aromatic heterocycles. The van der Waals surface area contributed by atoms with Gasteiger partial charge in [0.1, 0.15) is 0 Å². The molecule has 186 valence electrons. The van der Waals surface area contributed by atoms with Crippen LogP contribution in [0.25, 0.3) is 22.2 Å². The molecule has 2 N–H and O–H groups in total. The van der Waals surface area contributed by atoms with Crippen LogP contribution in [0.1, 0.15) is 39.5 Å². The Hall–Kier alpha value is -2.68. The summed E-state index contributed by atoms with van der Waals surface area (Å²) < 4.78 is 34.9. The number of rotatable bonds is 5. The minimum atomic E-state index is -3.66. The molecule has 8 heteroatoms. The van der Waals surface area contributed by atoms with Crippen LogP contribution in [-0.2, 0) is 19.6 Å². The molecule has 0 unspecified atom stereocenters. The number of sulfonamides is 1. The van der Waals surface area contributed by atoms with E-state index in [1.807, 2.05) is 61.2 Å². The Kier molecular flexibility index (Phi) is 6.70. The first-order chi connectivity index (χ1) is 16.8. The number of H-pyrrole nitrogens is 1. The number of amides is 1. The Balaban J connectivity index is 1.22. The van der Waals surface area contributed by atoms with Crippen LogP contribution in [0.3, 0.4) is 0 Å². The fraction of sp³-hybridized carbons (Fsp3) is 0.444. The number of morpholine rings is 1. The molecule has 1 saturated carbocycles. The third-order valence-electron chi connectivity index (χ3n) is 7.12. The quantitative estimate of drug-likeness (QED) is 0.552. The van der Waals surface area contributed by atoms with E-state index < -0.39 is 10.0 Å². The van der Waals surface area contributed by atoms with Gasteiger partial charge in [0, 0.05) is 41.6 Å². The molecule has 2 fully saturated rings. The van der Waals surface area contributed by atoms with E-state index >= 15 is 0 Å². The Labute approximate surface area is 206 Å². The lowest BCUT2D eigenvalue weighted by Crippen LogP contribution is -2.51. The van der Waals surface area contributed by atoms with Gasteiger partial charge in [0.15, 0.2) is 0 Å². The van der Waals surface area contributed by atoms with Crippen LogP contribution in [0.5, 0.6) is 0 Å². The Morgan fingerprint density at radius 1 is 0.971 bits per heavy atom. The van der Waals surface area contributed by atoms with E-state index in [1.54, 1.807) is 12.1 Å². The highest BCUT2D eigenvalue weighted by Crippen LogP contribution is 2.29. The lowest BCUT2D eigenvalue weighted by Gasteiger charge is -2.38. The summed E-state index contributed by atoms with van der Waals surface area (Å²) in [5.74, 6) is 0.139. The molecule has 7 nitrogen and oxygen atoms in total. The molecule has 1 aliphatic heterocycles. The average molecular weight is 496 g/mol. The molecule has 0 radical (unpaired) electrons. The van der Waals surface area contributed by atoms with Gasteiger partial charge in [0.2, 0.25) is 15.9 Å². The summed E-state index contributed by atoms with van der Waals surface area (Å²) in [6.07, 6.45) is 2.81. The van der Waals surface area contributed by atoms with Gasteiger partial charge in [-0.15, -0.1) is 0 Å². The predicted octanol–water partition coefficient (Wildman–Crippen LogP) is 4.31. The fourth-order valence-electron chi connectivity index (χ4n) is 5.41. The van der Waals surface area contributed by atoms with Crippen LogP contribution in [0.15, 0.2) is 59.5 Å². The average Bonchev–Trinajstić information content (AvgIpc) is 3.27. The van der Waals surface area contributed by atoms with Gasteiger partial charge >= 0.3 is 0 Å². The van der Waals surface area contributed by atoms with Crippen LogP contribution in [0.2, 0.25) is 0 Å². The van der Waals surface area contributed by atoms with E-state index in [2.05, 4.69) is 9.71 Å². The largest absolute Gasteiger partial charge is 0.372 e.